The number of hydrogen-bond donors (Lipinski definition) is 0. The summed E-state index contributed by atoms with van der Waals surface area (Å²) in [6, 6.07) is 1.93. The molecule has 1 aromatic heterocycles. The van der Waals surface area contributed by atoms with E-state index in [1.165, 1.54) is 0 Å². The van der Waals surface area contributed by atoms with Crippen LogP contribution in [-0.4, -0.2) is 32.0 Å². The van der Waals surface area contributed by atoms with Crippen molar-refractivity contribution in [1.29, 1.82) is 0 Å². The molecule has 0 aliphatic heterocycles. The number of hydrogen-bond acceptors (Lipinski definition) is 4. The molecular formula is C9H16N2O2. The molecule has 4 heteroatoms. The maximum atomic E-state index is 5.00. The average Bonchev–Trinajstić information content (AvgIpc) is 2.54. The molecule has 0 atom stereocenters. The summed E-state index contributed by atoms with van der Waals surface area (Å²) >= 11 is 0. The smallest absolute Gasteiger partial charge is 0.172 e. The van der Waals surface area contributed by atoms with Gasteiger partial charge in [0.2, 0.25) is 0 Å². The molecule has 0 N–H and O–H groups in total. The average molecular weight is 184 g/mol. The second-order valence-electron chi connectivity index (χ2n) is 2.87. The third-order valence-corrected chi connectivity index (χ3v) is 1.89. The Balaban J connectivity index is 2.56. The fourth-order valence-corrected chi connectivity index (χ4v) is 1.14. The van der Waals surface area contributed by atoms with E-state index in [-0.39, 0.29) is 0 Å². The van der Waals surface area contributed by atoms with Crippen LogP contribution in [0, 0.1) is 6.92 Å². The van der Waals surface area contributed by atoms with Crippen LogP contribution in [0.4, 0.5) is 5.82 Å². The highest BCUT2D eigenvalue weighted by Gasteiger charge is 2.07. The molecule has 1 aromatic rings. The molecule has 1 rings (SSSR count). The van der Waals surface area contributed by atoms with Crippen LogP contribution in [0.3, 0.4) is 0 Å². The Labute approximate surface area is 78.5 Å². The van der Waals surface area contributed by atoms with Crippen molar-refractivity contribution < 1.29 is 9.26 Å². The number of ether oxygens (including phenoxy) is 1. The van der Waals surface area contributed by atoms with E-state index < -0.39 is 0 Å². The largest absolute Gasteiger partial charge is 0.383 e. The Bertz CT molecular complexity index is 248. The molecule has 0 aromatic carbocycles. The number of aryl methyl sites for hydroxylation is 1. The Hall–Kier alpha value is -1.03. The van der Waals surface area contributed by atoms with E-state index in [2.05, 4.69) is 17.0 Å². The Kier molecular flexibility index (Phi) is 3.76. The van der Waals surface area contributed by atoms with Gasteiger partial charge in [-0.05, 0) is 13.8 Å². The summed E-state index contributed by atoms with van der Waals surface area (Å²) in [5, 5.41) is 3.94. The van der Waals surface area contributed by atoms with E-state index in [4.69, 9.17) is 9.26 Å². The molecular weight excluding hydrogens is 168 g/mol. The van der Waals surface area contributed by atoms with Gasteiger partial charge in [0, 0.05) is 26.3 Å². The first-order chi connectivity index (χ1) is 6.27. The Morgan fingerprint density at radius 2 is 2.38 bits per heavy atom. The molecule has 0 aliphatic rings. The van der Waals surface area contributed by atoms with Gasteiger partial charge in [0.1, 0.15) is 5.76 Å². The number of likely N-dealkylation sites (N-methyl/N-ethyl adjacent to an activating group) is 1. The third-order valence-electron chi connectivity index (χ3n) is 1.89. The lowest BCUT2D eigenvalue weighted by Gasteiger charge is -2.18. The Morgan fingerprint density at radius 3 is 2.85 bits per heavy atom. The van der Waals surface area contributed by atoms with Gasteiger partial charge in [-0.25, -0.2) is 0 Å². The van der Waals surface area contributed by atoms with Crippen LogP contribution in [0.2, 0.25) is 0 Å². The molecule has 0 saturated carbocycles. The SMILES string of the molecule is CCN(CCOC)c1cc(C)on1. The highest BCUT2D eigenvalue weighted by Crippen LogP contribution is 2.12. The van der Waals surface area contributed by atoms with E-state index in [1.807, 2.05) is 13.0 Å². The quantitative estimate of drug-likeness (QED) is 0.694. The van der Waals surface area contributed by atoms with Crippen molar-refractivity contribution in [1.82, 2.24) is 5.16 Å². The molecule has 0 unspecified atom stereocenters. The number of anilines is 1. The summed E-state index contributed by atoms with van der Waals surface area (Å²) in [4.78, 5) is 2.11. The van der Waals surface area contributed by atoms with Crippen LogP contribution < -0.4 is 4.90 Å². The predicted octanol–water partition coefficient (Wildman–Crippen LogP) is 1.46. The molecule has 0 spiro atoms. The van der Waals surface area contributed by atoms with Crippen molar-refractivity contribution in [2.45, 2.75) is 13.8 Å². The molecule has 0 bridgehead atoms. The van der Waals surface area contributed by atoms with Gasteiger partial charge in [-0.1, -0.05) is 5.16 Å². The zero-order valence-electron chi connectivity index (χ0n) is 8.41. The van der Waals surface area contributed by atoms with E-state index in [0.717, 1.165) is 24.7 Å². The van der Waals surface area contributed by atoms with Gasteiger partial charge in [-0.2, -0.15) is 0 Å². The van der Waals surface area contributed by atoms with Gasteiger partial charge in [0.25, 0.3) is 0 Å². The summed E-state index contributed by atoms with van der Waals surface area (Å²) < 4.78 is 10.00. The lowest BCUT2D eigenvalue weighted by atomic mass is 10.4. The number of methoxy groups -OCH3 is 1. The zero-order chi connectivity index (χ0) is 9.68. The molecule has 0 radical (unpaired) electrons. The second kappa shape index (κ2) is 4.87. The second-order valence-corrected chi connectivity index (χ2v) is 2.87. The summed E-state index contributed by atoms with van der Waals surface area (Å²) in [5.41, 5.74) is 0. The standard InChI is InChI=1S/C9H16N2O2/c1-4-11(5-6-12-3)9-7-8(2)13-10-9/h7H,4-6H2,1-3H3. The Morgan fingerprint density at radius 1 is 1.62 bits per heavy atom. The van der Waals surface area contributed by atoms with Crippen molar-refractivity contribution in [3.8, 4) is 0 Å². The lowest BCUT2D eigenvalue weighted by molar-refractivity contribution is 0.205. The summed E-state index contributed by atoms with van der Waals surface area (Å²) in [6.07, 6.45) is 0. The summed E-state index contributed by atoms with van der Waals surface area (Å²) in [5.74, 6) is 1.72. The minimum atomic E-state index is 0.708. The van der Waals surface area contributed by atoms with Crippen LogP contribution in [-0.2, 0) is 4.74 Å². The van der Waals surface area contributed by atoms with Crippen LogP contribution in [0.5, 0.6) is 0 Å². The van der Waals surface area contributed by atoms with Crippen molar-refractivity contribution in [2.75, 3.05) is 31.7 Å². The normalized spacial score (nSPS) is 10.4. The molecule has 74 valence electrons. The van der Waals surface area contributed by atoms with Crippen molar-refractivity contribution in [2.24, 2.45) is 0 Å². The molecule has 13 heavy (non-hydrogen) atoms. The molecule has 0 fully saturated rings. The van der Waals surface area contributed by atoms with Crippen molar-refractivity contribution in [3.63, 3.8) is 0 Å². The number of nitrogens with zero attached hydrogens (tertiary/aromatic N) is 2. The van der Waals surface area contributed by atoms with E-state index in [1.54, 1.807) is 7.11 Å². The fraction of sp³-hybridized carbons (Fsp3) is 0.667. The monoisotopic (exact) mass is 184 g/mol. The highest BCUT2D eigenvalue weighted by atomic mass is 16.5. The van der Waals surface area contributed by atoms with Gasteiger partial charge in [0.05, 0.1) is 6.61 Å². The van der Waals surface area contributed by atoms with E-state index >= 15 is 0 Å². The fourth-order valence-electron chi connectivity index (χ4n) is 1.14. The molecule has 0 aliphatic carbocycles. The topological polar surface area (TPSA) is 38.5 Å². The van der Waals surface area contributed by atoms with Gasteiger partial charge in [-0.15, -0.1) is 0 Å². The number of rotatable bonds is 5. The van der Waals surface area contributed by atoms with Crippen LogP contribution in [0.25, 0.3) is 0 Å². The first kappa shape index (κ1) is 10.1. The van der Waals surface area contributed by atoms with Crippen molar-refractivity contribution in [3.05, 3.63) is 11.8 Å². The van der Waals surface area contributed by atoms with Gasteiger partial charge in [-0.3, -0.25) is 0 Å². The van der Waals surface area contributed by atoms with Gasteiger partial charge in [0.15, 0.2) is 5.82 Å². The van der Waals surface area contributed by atoms with Gasteiger partial charge < -0.3 is 14.2 Å². The van der Waals surface area contributed by atoms with Crippen molar-refractivity contribution >= 4 is 5.82 Å². The van der Waals surface area contributed by atoms with Crippen LogP contribution >= 0.6 is 0 Å². The molecule has 4 nitrogen and oxygen atoms in total. The maximum Gasteiger partial charge on any atom is 0.172 e. The zero-order valence-corrected chi connectivity index (χ0v) is 8.41. The predicted molar refractivity (Wildman–Crippen MR) is 51.0 cm³/mol. The first-order valence-corrected chi connectivity index (χ1v) is 4.45. The molecule has 1 heterocycles. The summed E-state index contributed by atoms with van der Waals surface area (Å²) in [7, 11) is 1.70. The minimum Gasteiger partial charge on any atom is -0.383 e. The number of aromatic nitrogens is 1. The first-order valence-electron chi connectivity index (χ1n) is 4.45. The minimum absolute atomic E-state index is 0.708. The highest BCUT2D eigenvalue weighted by molar-refractivity contribution is 5.37. The van der Waals surface area contributed by atoms with Gasteiger partial charge >= 0.3 is 0 Å². The molecule has 0 amide bonds. The van der Waals surface area contributed by atoms with E-state index in [0.29, 0.717) is 6.61 Å². The van der Waals surface area contributed by atoms with Crippen LogP contribution in [0.15, 0.2) is 10.6 Å². The lowest BCUT2D eigenvalue weighted by Crippen LogP contribution is -2.26. The van der Waals surface area contributed by atoms with E-state index in [9.17, 15) is 0 Å². The third kappa shape index (κ3) is 2.73. The van der Waals surface area contributed by atoms with Crippen LogP contribution in [0.1, 0.15) is 12.7 Å². The maximum absolute atomic E-state index is 5.00. The summed E-state index contributed by atoms with van der Waals surface area (Å²) in [6.45, 7) is 6.44. The molecule has 0 saturated heterocycles.